The number of rotatable bonds is 9. The molecule has 27 heavy (non-hydrogen) atoms. The van der Waals surface area contributed by atoms with Gasteiger partial charge in [-0.25, -0.2) is 8.42 Å². The third-order valence-electron chi connectivity index (χ3n) is 3.64. The molecular formula is C18H29ClN2O4S2. The van der Waals surface area contributed by atoms with Crippen LogP contribution >= 0.6 is 23.4 Å². The van der Waals surface area contributed by atoms with Gasteiger partial charge in [0.1, 0.15) is 11.8 Å². The van der Waals surface area contributed by atoms with Gasteiger partial charge in [0.25, 0.3) is 0 Å². The van der Waals surface area contributed by atoms with E-state index in [1.807, 2.05) is 0 Å². The number of benzene rings is 1. The van der Waals surface area contributed by atoms with Crippen molar-refractivity contribution >= 4 is 45.0 Å². The Morgan fingerprint density at radius 3 is 2.48 bits per heavy atom. The first-order valence-electron chi connectivity index (χ1n) is 8.65. The highest BCUT2D eigenvalue weighted by molar-refractivity contribution is 8.00. The maximum Gasteiger partial charge on any atom is 0.243 e. The van der Waals surface area contributed by atoms with Crippen LogP contribution in [0.1, 0.15) is 34.1 Å². The van der Waals surface area contributed by atoms with Crippen LogP contribution in [0, 0.1) is 0 Å². The van der Waals surface area contributed by atoms with Gasteiger partial charge in [0.05, 0.1) is 19.1 Å². The second-order valence-electron chi connectivity index (χ2n) is 7.05. The molecule has 6 nitrogen and oxygen atoms in total. The summed E-state index contributed by atoms with van der Waals surface area (Å²) in [6.45, 7) is 8.53. The van der Waals surface area contributed by atoms with Crippen LogP contribution in [0.15, 0.2) is 18.2 Å². The number of hydrogen-bond donors (Lipinski definition) is 1. The van der Waals surface area contributed by atoms with Crippen LogP contribution in [0.25, 0.3) is 0 Å². The summed E-state index contributed by atoms with van der Waals surface area (Å²) in [6, 6.07) is 3.79. The molecule has 0 aliphatic heterocycles. The van der Waals surface area contributed by atoms with E-state index in [0.717, 1.165) is 16.3 Å². The molecule has 1 N–H and O–H groups in total. The minimum absolute atomic E-state index is 0.0990. The number of anilines is 1. The number of sulfonamides is 1. The van der Waals surface area contributed by atoms with Crippen LogP contribution in [0.2, 0.25) is 5.02 Å². The number of carbonyl (C=O) groups excluding carboxylic acids is 1. The zero-order valence-electron chi connectivity index (χ0n) is 16.7. The molecule has 1 amide bonds. The summed E-state index contributed by atoms with van der Waals surface area (Å²) in [7, 11) is -2.31. The Bertz CT molecular complexity index is 748. The van der Waals surface area contributed by atoms with Crippen molar-refractivity contribution in [3.63, 3.8) is 0 Å². The van der Waals surface area contributed by atoms with Gasteiger partial charge >= 0.3 is 0 Å². The summed E-state index contributed by atoms with van der Waals surface area (Å²) in [6.07, 6.45) is 1.37. The van der Waals surface area contributed by atoms with Crippen molar-refractivity contribution in [2.45, 2.75) is 44.9 Å². The molecule has 1 unspecified atom stereocenters. The van der Waals surface area contributed by atoms with Crippen molar-refractivity contribution in [1.29, 1.82) is 0 Å². The molecule has 0 aromatic heterocycles. The number of nitrogens with zero attached hydrogens (tertiary/aromatic N) is 1. The largest absolute Gasteiger partial charge is 0.495 e. The predicted molar refractivity (Wildman–Crippen MR) is 115 cm³/mol. The van der Waals surface area contributed by atoms with Crippen molar-refractivity contribution in [2.75, 3.05) is 30.0 Å². The number of nitrogens with one attached hydrogen (secondary N) is 1. The monoisotopic (exact) mass is 436 g/mol. The zero-order chi connectivity index (χ0) is 20.8. The normalized spacial score (nSPS) is 13.1. The summed E-state index contributed by atoms with van der Waals surface area (Å²) >= 11 is 7.79. The van der Waals surface area contributed by atoms with Gasteiger partial charge in [0.2, 0.25) is 15.9 Å². The van der Waals surface area contributed by atoms with Gasteiger partial charge in [0, 0.05) is 22.1 Å². The highest BCUT2D eigenvalue weighted by Gasteiger charge is 2.33. The standard InChI is InChI=1S/C18H29ClN2O4S2/c1-7-14(17(22)20-10-11-26-18(2,3)4)21(27(6,23)24)15-12-13(19)8-9-16(15)25-5/h8-9,12,14H,7,10-11H2,1-6H3,(H,20,22). The first-order valence-corrected chi connectivity index (χ1v) is 11.9. The van der Waals surface area contributed by atoms with Crippen LogP contribution < -0.4 is 14.4 Å². The number of thioether (sulfide) groups is 1. The lowest BCUT2D eigenvalue weighted by molar-refractivity contribution is -0.122. The van der Waals surface area contributed by atoms with Gasteiger partial charge < -0.3 is 10.1 Å². The van der Waals surface area contributed by atoms with Gasteiger partial charge in [0.15, 0.2) is 0 Å². The molecule has 0 saturated carbocycles. The van der Waals surface area contributed by atoms with Crippen molar-refractivity contribution in [2.24, 2.45) is 0 Å². The lowest BCUT2D eigenvalue weighted by atomic mass is 10.2. The SMILES string of the molecule is CCC(C(=O)NCCSC(C)(C)C)N(c1cc(Cl)ccc1OC)S(C)(=O)=O. The van der Waals surface area contributed by atoms with Crippen LogP contribution in [0.5, 0.6) is 5.75 Å². The van der Waals surface area contributed by atoms with Crippen molar-refractivity contribution < 1.29 is 17.9 Å². The predicted octanol–water partition coefficient (Wildman–Crippen LogP) is 3.54. The Balaban J connectivity index is 3.11. The molecule has 0 radical (unpaired) electrons. The number of amides is 1. The molecule has 0 heterocycles. The zero-order valence-corrected chi connectivity index (χ0v) is 19.1. The third kappa shape index (κ3) is 7.43. The van der Waals surface area contributed by atoms with Crippen LogP contribution in [-0.2, 0) is 14.8 Å². The molecule has 9 heteroatoms. The van der Waals surface area contributed by atoms with E-state index in [2.05, 4.69) is 26.1 Å². The van der Waals surface area contributed by atoms with Crippen molar-refractivity contribution in [3.05, 3.63) is 23.2 Å². The van der Waals surface area contributed by atoms with E-state index in [0.29, 0.717) is 23.7 Å². The molecule has 0 saturated heterocycles. The Hall–Kier alpha value is -1.12. The molecule has 1 atom stereocenters. The minimum atomic E-state index is -3.75. The van der Waals surface area contributed by atoms with Crippen molar-refractivity contribution in [1.82, 2.24) is 5.32 Å². The van der Waals surface area contributed by atoms with E-state index < -0.39 is 16.1 Å². The van der Waals surface area contributed by atoms with E-state index in [4.69, 9.17) is 16.3 Å². The molecular weight excluding hydrogens is 408 g/mol. The van der Waals surface area contributed by atoms with E-state index in [1.54, 1.807) is 30.8 Å². The van der Waals surface area contributed by atoms with Gasteiger partial charge in [-0.3, -0.25) is 9.10 Å². The summed E-state index contributed by atoms with van der Waals surface area (Å²) < 4.78 is 31.5. The first-order chi connectivity index (χ1) is 12.4. The molecule has 0 spiro atoms. The topological polar surface area (TPSA) is 75.7 Å². The van der Waals surface area contributed by atoms with Crippen LogP contribution in [0.3, 0.4) is 0 Å². The Morgan fingerprint density at radius 1 is 1.37 bits per heavy atom. The lowest BCUT2D eigenvalue weighted by Crippen LogP contribution is -2.49. The number of hydrogen-bond acceptors (Lipinski definition) is 5. The molecule has 0 aliphatic carbocycles. The number of halogens is 1. The average molecular weight is 437 g/mol. The smallest absolute Gasteiger partial charge is 0.243 e. The molecule has 0 aliphatic rings. The fraction of sp³-hybridized carbons (Fsp3) is 0.611. The van der Waals surface area contributed by atoms with Gasteiger partial charge in [-0.1, -0.05) is 39.3 Å². The van der Waals surface area contributed by atoms with Gasteiger partial charge in [-0.2, -0.15) is 11.8 Å². The van der Waals surface area contributed by atoms with E-state index in [1.165, 1.54) is 13.2 Å². The molecule has 1 aromatic carbocycles. The average Bonchev–Trinajstić information content (AvgIpc) is 2.54. The summed E-state index contributed by atoms with van der Waals surface area (Å²) in [4.78, 5) is 12.7. The highest BCUT2D eigenvalue weighted by Crippen LogP contribution is 2.34. The van der Waals surface area contributed by atoms with Gasteiger partial charge in [-0.15, -0.1) is 0 Å². The molecule has 0 fully saturated rings. The maximum atomic E-state index is 12.7. The Morgan fingerprint density at radius 2 is 2.00 bits per heavy atom. The fourth-order valence-corrected chi connectivity index (χ4v) is 4.71. The quantitative estimate of drug-likeness (QED) is 0.599. The summed E-state index contributed by atoms with van der Waals surface area (Å²) in [5.74, 6) is 0.726. The summed E-state index contributed by atoms with van der Waals surface area (Å²) in [5.41, 5.74) is 0.249. The first kappa shape index (κ1) is 23.9. The summed E-state index contributed by atoms with van der Waals surface area (Å²) in [5, 5.41) is 3.20. The molecule has 1 aromatic rings. The molecule has 154 valence electrons. The fourth-order valence-electron chi connectivity index (χ4n) is 2.52. The van der Waals surface area contributed by atoms with Crippen LogP contribution in [-0.4, -0.2) is 50.8 Å². The highest BCUT2D eigenvalue weighted by atomic mass is 35.5. The molecule has 1 rings (SSSR count). The van der Waals surface area contributed by atoms with Crippen LogP contribution in [0.4, 0.5) is 5.69 Å². The number of ether oxygens (including phenoxy) is 1. The number of carbonyl (C=O) groups is 1. The Kier molecular flexibility index (Phi) is 8.76. The minimum Gasteiger partial charge on any atom is -0.495 e. The van der Waals surface area contributed by atoms with E-state index in [-0.39, 0.29) is 16.3 Å². The van der Waals surface area contributed by atoms with E-state index in [9.17, 15) is 13.2 Å². The Labute approximate surface area is 172 Å². The lowest BCUT2D eigenvalue weighted by Gasteiger charge is -2.31. The maximum absolute atomic E-state index is 12.7. The number of methoxy groups -OCH3 is 1. The second-order valence-corrected chi connectivity index (χ2v) is 11.3. The van der Waals surface area contributed by atoms with Crippen molar-refractivity contribution in [3.8, 4) is 5.75 Å². The second kappa shape index (κ2) is 9.89. The van der Waals surface area contributed by atoms with Gasteiger partial charge in [-0.05, 0) is 24.6 Å². The van der Waals surface area contributed by atoms with E-state index >= 15 is 0 Å². The third-order valence-corrected chi connectivity index (χ3v) is 6.32. The molecule has 0 bridgehead atoms.